The Balaban J connectivity index is 2.37. The molecule has 20 heavy (non-hydrogen) atoms. The molecule has 1 heterocycles. The van der Waals surface area contributed by atoms with Gasteiger partial charge in [0.15, 0.2) is 0 Å². The first-order chi connectivity index (χ1) is 9.36. The Bertz CT molecular complexity index is 611. The van der Waals surface area contributed by atoms with E-state index < -0.39 is 0 Å². The minimum atomic E-state index is -0.104. The average molecular weight is 329 g/mol. The fourth-order valence-corrected chi connectivity index (χ4v) is 3.02. The molecule has 0 aliphatic heterocycles. The van der Waals surface area contributed by atoms with Crippen molar-refractivity contribution in [2.45, 2.75) is 26.2 Å². The van der Waals surface area contributed by atoms with Crippen molar-refractivity contribution in [1.29, 1.82) is 0 Å². The lowest BCUT2D eigenvalue weighted by atomic mass is 9.96. The molecule has 0 saturated heterocycles. The van der Waals surface area contributed by atoms with E-state index in [2.05, 4.69) is 31.1 Å². The fourth-order valence-electron chi connectivity index (χ4n) is 1.67. The number of nitrogens with zero attached hydrogens (tertiary/aromatic N) is 2. The maximum atomic E-state index is 5.77. The van der Waals surface area contributed by atoms with Gasteiger partial charge in [-0.2, -0.15) is 0 Å². The molecule has 1 aromatic heterocycles. The Labute approximate surface area is 133 Å². The first-order valence-electron chi connectivity index (χ1n) is 6.14. The summed E-state index contributed by atoms with van der Waals surface area (Å²) in [5.74, 6) is 0.903. The van der Waals surface area contributed by atoms with Gasteiger partial charge < -0.3 is 5.32 Å². The van der Waals surface area contributed by atoms with Crippen molar-refractivity contribution < 1.29 is 3.96 Å². The van der Waals surface area contributed by atoms with Crippen LogP contribution < -0.4 is 9.27 Å². The molecule has 2 rings (SSSR count). The van der Waals surface area contributed by atoms with Gasteiger partial charge in [-0.25, -0.2) is 0 Å². The highest BCUT2D eigenvalue weighted by molar-refractivity contribution is 7.06. The second-order valence-corrected chi connectivity index (χ2v) is 7.29. The Morgan fingerprint density at radius 2 is 1.90 bits per heavy atom. The molecule has 6 heteroatoms. The van der Waals surface area contributed by atoms with Crippen molar-refractivity contribution >= 4 is 51.8 Å². The van der Waals surface area contributed by atoms with E-state index in [1.54, 1.807) is 6.20 Å². The maximum absolute atomic E-state index is 5.77. The predicted octanol–water partition coefficient (Wildman–Crippen LogP) is 4.71. The number of halogens is 2. The van der Waals surface area contributed by atoms with Gasteiger partial charge in [0.2, 0.25) is 0 Å². The zero-order valence-electron chi connectivity index (χ0n) is 11.5. The normalized spacial score (nSPS) is 11.2. The molecule has 0 atom stereocenters. The van der Waals surface area contributed by atoms with Crippen molar-refractivity contribution in [3.8, 4) is 0 Å². The van der Waals surface area contributed by atoms with Crippen LogP contribution in [-0.4, -0.2) is 4.98 Å². The standard InChI is InChI=1S/C14H15Cl2N3S/c1-14(2,3)12-18-13(20-19(12)9-11(15)16)17-10-7-5-4-6-8-10/h4-9H,1-3H3/p+1. The number of rotatable bonds is 3. The summed E-state index contributed by atoms with van der Waals surface area (Å²) in [6, 6.07) is 9.91. The van der Waals surface area contributed by atoms with E-state index in [1.807, 2.05) is 34.3 Å². The molecule has 0 amide bonds. The van der Waals surface area contributed by atoms with Gasteiger partial charge in [-0.05, 0) is 37.9 Å². The molecular formula is C14H16Cl2N3S+. The second-order valence-electron chi connectivity index (χ2n) is 5.32. The van der Waals surface area contributed by atoms with Crippen molar-refractivity contribution in [2.75, 3.05) is 5.32 Å². The van der Waals surface area contributed by atoms with Gasteiger partial charge >= 0.3 is 11.0 Å². The predicted molar refractivity (Wildman–Crippen MR) is 86.7 cm³/mol. The summed E-state index contributed by atoms with van der Waals surface area (Å²) in [5, 5.41) is 4.08. The molecule has 0 fully saturated rings. The van der Waals surface area contributed by atoms with Crippen molar-refractivity contribution in [3.63, 3.8) is 0 Å². The Hall–Kier alpha value is -1.10. The summed E-state index contributed by atoms with van der Waals surface area (Å²) in [6.07, 6.45) is 1.66. The van der Waals surface area contributed by atoms with Gasteiger partial charge in [-0.1, -0.05) is 41.4 Å². The number of para-hydroxylation sites is 1. The molecule has 3 nitrogen and oxygen atoms in total. The SMILES string of the molecule is CC(C)(C)c1nc(Nc2ccccc2)s[n+]1C=C(Cl)Cl. The molecule has 2 aromatic rings. The van der Waals surface area contributed by atoms with E-state index in [1.165, 1.54) is 11.5 Å². The topological polar surface area (TPSA) is 28.8 Å². The minimum absolute atomic E-state index is 0.104. The molecule has 0 spiro atoms. The summed E-state index contributed by atoms with van der Waals surface area (Å²) in [5.41, 5.74) is 0.891. The molecule has 0 unspecified atom stereocenters. The van der Waals surface area contributed by atoms with Crippen LogP contribution in [0.5, 0.6) is 0 Å². The Kier molecular flexibility index (Phi) is 4.68. The van der Waals surface area contributed by atoms with Crippen LogP contribution in [0.15, 0.2) is 34.8 Å². The number of benzene rings is 1. The number of nitrogens with one attached hydrogen (secondary N) is 1. The third-order valence-corrected chi connectivity index (χ3v) is 3.55. The third-order valence-electron chi connectivity index (χ3n) is 2.51. The molecule has 0 radical (unpaired) electrons. The minimum Gasteiger partial charge on any atom is -0.308 e. The van der Waals surface area contributed by atoms with Crippen molar-refractivity contribution in [1.82, 2.24) is 4.98 Å². The monoisotopic (exact) mass is 328 g/mol. The maximum Gasteiger partial charge on any atom is 0.339 e. The van der Waals surface area contributed by atoms with Crippen LogP contribution in [-0.2, 0) is 5.41 Å². The molecule has 0 aliphatic carbocycles. The summed E-state index contributed by atoms with van der Waals surface area (Å²) in [4.78, 5) is 4.64. The van der Waals surface area contributed by atoms with Crippen LogP contribution in [0, 0.1) is 0 Å². The summed E-state index contributed by atoms with van der Waals surface area (Å²) in [7, 11) is 0. The Morgan fingerprint density at radius 3 is 2.45 bits per heavy atom. The van der Waals surface area contributed by atoms with Gasteiger partial charge in [0.05, 0.1) is 5.41 Å². The van der Waals surface area contributed by atoms with E-state index in [9.17, 15) is 0 Å². The number of hydrogen-bond acceptors (Lipinski definition) is 3. The lowest BCUT2D eigenvalue weighted by Gasteiger charge is -2.08. The van der Waals surface area contributed by atoms with Crippen molar-refractivity contribution in [2.24, 2.45) is 0 Å². The van der Waals surface area contributed by atoms with Gasteiger partial charge in [0.1, 0.15) is 22.2 Å². The highest BCUT2D eigenvalue weighted by atomic mass is 35.5. The van der Waals surface area contributed by atoms with E-state index in [4.69, 9.17) is 23.2 Å². The van der Waals surface area contributed by atoms with E-state index in [0.717, 1.165) is 16.6 Å². The smallest absolute Gasteiger partial charge is 0.308 e. The molecule has 1 aromatic carbocycles. The zero-order chi connectivity index (χ0) is 14.8. The average Bonchev–Trinajstić information content (AvgIpc) is 2.72. The quantitative estimate of drug-likeness (QED) is 0.827. The fraction of sp³-hybridized carbons (Fsp3) is 0.286. The van der Waals surface area contributed by atoms with Gasteiger partial charge in [0.25, 0.3) is 0 Å². The first-order valence-corrected chi connectivity index (χ1v) is 7.67. The highest BCUT2D eigenvalue weighted by Gasteiger charge is 2.32. The number of aromatic nitrogens is 2. The highest BCUT2D eigenvalue weighted by Crippen LogP contribution is 2.24. The molecule has 0 saturated carbocycles. The largest absolute Gasteiger partial charge is 0.339 e. The van der Waals surface area contributed by atoms with Crippen LogP contribution in [0.1, 0.15) is 26.6 Å². The van der Waals surface area contributed by atoms with Crippen LogP contribution in [0.2, 0.25) is 0 Å². The van der Waals surface area contributed by atoms with E-state index >= 15 is 0 Å². The lowest BCUT2D eigenvalue weighted by molar-refractivity contribution is -0.509. The van der Waals surface area contributed by atoms with E-state index in [0.29, 0.717) is 0 Å². The lowest BCUT2D eigenvalue weighted by Crippen LogP contribution is -2.34. The molecule has 0 aliphatic rings. The van der Waals surface area contributed by atoms with Crippen LogP contribution in [0.3, 0.4) is 0 Å². The summed E-state index contributed by atoms with van der Waals surface area (Å²) < 4.78 is 2.09. The van der Waals surface area contributed by atoms with E-state index in [-0.39, 0.29) is 9.91 Å². The van der Waals surface area contributed by atoms with Gasteiger partial charge in [-0.15, -0.1) is 3.96 Å². The van der Waals surface area contributed by atoms with Gasteiger partial charge in [0, 0.05) is 5.69 Å². The zero-order valence-corrected chi connectivity index (χ0v) is 13.9. The Morgan fingerprint density at radius 1 is 1.25 bits per heavy atom. The van der Waals surface area contributed by atoms with Crippen molar-refractivity contribution in [3.05, 3.63) is 40.6 Å². The van der Waals surface area contributed by atoms with Crippen LogP contribution in [0.25, 0.3) is 6.20 Å². The van der Waals surface area contributed by atoms with Gasteiger partial charge in [-0.3, -0.25) is 0 Å². The molecule has 0 bridgehead atoms. The van der Waals surface area contributed by atoms with Crippen LogP contribution in [0.4, 0.5) is 10.8 Å². The summed E-state index contributed by atoms with van der Waals surface area (Å²) >= 11 is 13.0. The number of hydrogen-bond donors (Lipinski definition) is 1. The molecule has 1 N–H and O–H groups in total. The summed E-state index contributed by atoms with van der Waals surface area (Å²) in [6.45, 7) is 6.29. The second kappa shape index (κ2) is 6.12. The first kappa shape index (κ1) is 15.3. The van der Waals surface area contributed by atoms with Crippen LogP contribution >= 0.6 is 34.7 Å². The molecular weight excluding hydrogens is 313 g/mol. The number of anilines is 2. The molecule has 106 valence electrons. The third kappa shape index (κ3) is 3.95.